The summed E-state index contributed by atoms with van der Waals surface area (Å²) in [6.07, 6.45) is 1.44. The van der Waals surface area contributed by atoms with Crippen molar-refractivity contribution in [3.8, 4) is 5.75 Å². The number of ether oxygens (including phenoxy) is 1. The lowest BCUT2D eigenvalue weighted by molar-refractivity contribution is -0.141. The van der Waals surface area contributed by atoms with Gasteiger partial charge in [0, 0.05) is 12.8 Å². The first-order valence-corrected chi connectivity index (χ1v) is 5.89. The van der Waals surface area contributed by atoms with Gasteiger partial charge in [0.05, 0.1) is 6.61 Å². The number of esters is 1. The molecule has 18 heavy (non-hydrogen) atoms. The molecule has 2 rings (SSSR count). The molecule has 0 radical (unpaired) electrons. The van der Waals surface area contributed by atoms with Crippen LogP contribution < -0.4 is 5.32 Å². The topological polar surface area (TPSA) is 75.6 Å². The summed E-state index contributed by atoms with van der Waals surface area (Å²) >= 11 is 0. The predicted molar refractivity (Wildman–Crippen MR) is 63.9 cm³/mol. The second-order valence-electron chi connectivity index (χ2n) is 4.24. The molecule has 1 aliphatic heterocycles. The Labute approximate surface area is 105 Å². The third kappa shape index (κ3) is 3.23. The fourth-order valence-electron chi connectivity index (χ4n) is 1.81. The molecule has 1 fully saturated rings. The van der Waals surface area contributed by atoms with Gasteiger partial charge in [-0.2, -0.15) is 0 Å². The molecule has 1 heterocycles. The van der Waals surface area contributed by atoms with Crippen LogP contribution in [0.15, 0.2) is 24.3 Å². The van der Waals surface area contributed by atoms with Crippen LogP contribution in [0.4, 0.5) is 0 Å². The summed E-state index contributed by atoms with van der Waals surface area (Å²) in [6, 6.07) is 6.22. The number of benzene rings is 1. The van der Waals surface area contributed by atoms with E-state index in [4.69, 9.17) is 9.84 Å². The highest BCUT2D eigenvalue weighted by atomic mass is 16.5. The van der Waals surface area contributed by atoms with Gasteiger partial charge in [0.15, 0.2) is 0 Å². The van der Waals surface area contributed by atoms with Crippen molar-refractivity contribution in [3.05, 3.63) is 29.8 Å². The van der Waals surface area contributed by atoms with Crippen molar-refractivity contribution in [1.29, 1.82) is 0 Å². The maximum Gasteiger partial charge on any atom is 0.328 e. The Morgan fingerprint density at radius 3 is 2.72 bits per heavy atom. The van der Waals surface area contributed by atoms with Crippen LogP contribution in [0.25, 0.3) is 0 Å². The predicted octanol–water partition coefficient (Wildman–Crippen LogP) is 0.757. The Morgan fingerprint density at radius 2 is 2.11 bits per heavy atom. The lowest BCUT2D eigenvalue weighted by Crippen LogP contribution is -2.37. The molecule has 0 unspecified atom stereocenters. The van der Waals surface area contributed by atoms with Crippen LogP contribution in [0.5, 0.6) is 5.75 Å². The molecule has 0 aliphatic carbocycles. The molecule has 5 nitrogen and oxygen atoms in total. The molecule has 1 aromatic rings. The molecule has 1 amide bonds. The summed E-state index contributed by atoms with van der Waals surface area (Å²) in [4.78, 5) is 22.8. The highest BCUT2D eigenvalue weighted by Crippen LogP contribution is 2.11. The summed E-state index contributed by atoms with van der Waals surface area (Å²) < 4.78 is 4.76. The second-order valence-corrected chi connectivity index (χ2v) is 4.24. The number of hydrogen-bond donors (Lipinski definition) is 2. The van der Waals surface area contributed by atoms with Gasteiger partial charge in [-0.1, -0.05) is 12.1 Å². The number of carbonyl (C=O) groups is 2. The van der Waals surface area contributed by atoms with Gasteiger partial charge in [-0.15, -0.1) is 0 Å². The fraction of sp³-hybridized carbons (Fsp3) is 0.385. The van der Waals surface area contributed by atoms with Crippen molar-refractivity contribution in [2.75, 3.05) is 6.61 Å². The number of aromatic hydroxyl groups is 1. The molecule has 96 valence electrons. The van der Waals surface area contributed by atoms with Crippen LogP contribution in [-0.2, 0) is 20.7 Å². The molecule has 0 saturated carbocycles. The van der Waals surface area contributed by atoms with E-state index in [1.165, 1.54) is 0 Å². The molecular formula is C13H15NO4. The van der Waals surface area contributed by atoms with Crippen LogP contribution in [0.1, 0.15) is 18.4 Å². The third-order valence-electron chi connectivity index (χ3n) is 2.85. The van der Waals surface area contributed by atoms with E-state index in [1.54, 1.807) is 24.3 Å². The largest absolute Gasteiger partial charge is 0.508 e. The molecular weight excluding hydrogens is 234 g/mol. The number of nitrogens with one attached hydrogen (secondary N) is 1. The first kappa shape index (κ1) is 12.4. The number of carbonyl (C=O) groups excluding carboxylic acids is 2. The standard InChI is InChI=1S/C13H15NO4/c15-10-4-1-9(2-5-10)3-6-12(16)14-11-7-8-18-13(11)17/h1-2,4-5,11,15H,3,6-8H2,(H,14,16)/t11-/m0/s1. The van der Waals surface area contributed by atoms with Gasteiger partial charge in [0.1, 0.15) is 11.8 Å². The first-order chi connectivity index (χ1) is 8.65. The van der Waals surface area contributed by atoms with Gasteiger partial charge in [0.2, 0.25) is 5.91 Å². The van der Waals surface area contributed by atoms with E-state index in [0.29, 0.717) is 25.9 Å². The van der Waals surface area contributed by atoms with Gasteiger partial charge in [-0.25, -0.2) is 4.79 Å². The Balaban J connectivity index is 1.78. The normalized spacial score (nSPS) is 18.4. The average molecular weight is 249 g/mol. The molecule has 0 bridgehead atoms. The quantitative estimate of drug-likeness (QED) is 0.772. The lowest BCUT2D eigenvalue weighted by Gasteiger charge is -2.08. The van der Waals surface area contributed by atoms with E-state index in [1.807, 2.05) is 0 Å². The maximum atomic E-state index is 11.6. The Kier molecular flexibility index (Phi) is 3.82. The molecule has 0 aromatic heterocycles. The van der Waals surface area contributed by atoms with Crippen molar-refractivity contribution in [1.82, 2.24) is 5.32 Å². The summed E-state index contributed by atoms with van der Waals surface area (Å²) in [5.41, 5.74) is 0.969. The molecule has 0 spiro atoms. The lowest BCUT2D eigenvalue weighted by atomic mass is 10.1. The second kappa shape index (κ2) is 5.53. The number of cyclic esters (lactones) is 1. The number of aryl methyl sites for hydroxylation is 1. The Morgan fingerprint density at radius 1 is 1.39 bits per heavy atom. The van der Waals surface area contributed by atoms with Crippen molar-refractivity contribution in [2.45, 2.75) is 25.3 Å². The smallest absolute Gasteiger partial charge is 0.328 e. The highest BCUT2D eigenvalue weighted by molar-refractivity contribution is 5.85. The monoisotopic (exact) mass is 249 g/mol. The minimum Gasteiger partial charge on any atom is -0.508 e. The molecule has 1 atom stereocenters. The average Bonchev–Trinajstić information content (AvgIpc) is 2.74. The number of phenols is 1. The summed E-state index contributed by atoms with van der Waals surface area (Å²) in [5.74, 6) is -0.309. The number of phenolic OH excluding ortho intramolecular Hbond substituents is 1. The van der Waals surface area contributed by atoms with E-state index < -0.39 is 6.04 Å². The zero-order valence-electron chi connectivity index (χ0n) is 9.89. The first-order valence-electron chi connectivity index (χ1n) is 5.89. The number of hydrogen-bond acceptors (Lipinski definition) is 4. The Bertz CT molecular complexity index is 441. The van der Waals surface area contributed by atoms with E-state index in [0.717, 1.165) is 5.56 Å². The Hall–Kier alpha value is -2.04. The molecule has 2 N–H and O–H groups in total. The number of rotatable bonds is 4. The van der Waals surface area contributed by atoms with Gasteiger partial charge in [-0.05, 0) is 24.1 Å². The van der Waals surface area contributed by atoms with E-state index in [-0.39, 0.29) is 17.6 Å². The third-order valence-corrected chi connectivity index (χ3v) is 2.85. The van der Waals surface area contributed by atoms with Gasteiger partial charge in [0.25, 0.3) is 0 Å². The minimum atomic E-state index is -0.489. The van der Waals surface area contributed by atoms with Crippen molar-refractivity contribution in [2.24, 2.45) is 0 Å². The highest BCUT2D eigenvalue weighted by Gasteiger charge is 2.27. The fourth-order valence-corrected chi connectivity index (χ4v) is 1.81. The summed E-state index contributed by atoms with van der Waals surface area (Å²) in [5, 5.41) is 11.8. The van der Waals surface area contributed by atoms with Gasteiger partial charge < -0.3 is 15.2 Å². The van der Waals surface area contributed by atoms with Crippen LogP contribution in [0.3, 0.4) is 0 Å². The molecule has 1 saturated heterocycles. The van der Waals surface area contributed by atoms with Gasteiger partial charge in [-0.3, -0.25) is 4.79 Å². The van der Waals surface area contributed by atoms with Crippen LogP contribution in [0, 0.1) is 0 Å². The van der Waals surface area contributed by atoms with Gasteiger partial charge >= 0.3 is 5.97 Å². The van der Waals surface area contributed by atoms with Crippen molar-refractivity contribution in [3.63, 3.8) is 0 Å². The van der Waals surface area contributed by atoms with E-state index in [2.05, 4.69) is 5.32 Å². The molecule has 1 aromatic carbocycles. The van der Waals surface area contributed by atoms with E-state index >= 15 is 0 Å². The molecule has 5 heteroatoms. The SMILES string of the molecule is O=C(CCc1ccc(O)cc1)N[C@H]1CCOC1=O. The summed E-state index contributed by atoms with van der Waals surface area (Å²) in [6.45, 7) is 0.377. The van der Waals surface area contributed by atoms with Crippen molar-refractivity contribution >= 4 is 11.9 Å². The van der Waals surface area contributed by atoms with E-state index in [9.17, 15) is 9.59 Å². The van der Waals surface area contributed by atoms with Crippen LogP contribution >= 0.6 is 0 Å². The van der Waals surface area contributed by atoms with Crippen LogP contribution in [-0.4, -0.2) is 29.6 Å². The minimum absolute atomic E-state index is 0.160. The molecule has 1 aliphatic rings. The zero-order chi connectivity index (χ0) is 13.0. The maximum absolute atomic E-state index is 11.6. The van der Waals surface area contributed by atoms with Crippen molar-refractivity contribution < 1.29 is 19.4 Å². The zero-order valence-corrected chi connectivity index (χ0v) is 9.89. The number of amides is 1. The summed E-state index contributed by atoms with van der Waals surface area (Å²) in [7, 11) is 0. The van der Waals surface area contributed by atoms with Crippen LogP contribution in [0.2, 0.25) is 0 Å².